The molecule has 0 bridgehead atoms. The van der Waals surface area contributed by atoms with Crippen molar-refractivity contribution in [3.05, 3.63) is 71.8 Å². The van der Waals surface area contributed by atoms with Crippen molar-refractivity contribution in [2.45, 2.75) is 44.6 Å². The van der Waals surface area contributed by atoms with Crippen molar-refractivity contribution in [3.8, 4) is 0 Å². The number of aliphatic hydroxyl groups is 1. The van der Waals surface area contributed by atoms with Gasteiger partial charge in [0.25, 0.3) is 5.91 Å². The lowest BCUT2D eigenvalue weighted by Gasteiger charge is -2.27. The van der Waals surface area contributed by atoms with Crippen molar-refractivity contribution >= 4 is 12.1 Å². The minimum absolute atomic E-state index is 0.511. The average molecular weight is 338 g/mol. The van der Waals surface area contributed by atoms with E-state index in [1.807, 2.05) is 12.1 Å². The molecule has 4 heteroatoms. The number of carbonyl (C=O) groups is 1. The first-order valence-corrected chi connectivity index (χ1v) is 8.85. The Morgan fingerprint density at radius 1 is 1.00 bits per heavy atom. The Morgan fingerprint density at radius 2 is 1.56 bits per heavy atom. The Kier molecular flexibility index (Phi) is 7.36. The van der Waals surface area contributed by atoms with E-state index in [0.29, 0.717) is 11.1 Å². The Morgan fingerprint density at radius 3 is 2.08 bits per heavy atom. The van der Waals surface area contributed by atoms with Crippen LogP contribution in [0.4, 0.5) is 0 Å². The molecule has 0 aliphatic rings. The molecule has 132 valence electrons. The first-order valence-electron chi connectivity index (χ1n) is 8.85. The predicted molar refractivity (Wildman–Crippen MR) is 101 cm³/mol. The van der Waals surface area contributed by atoms with Gasteiger partial charge in [0.05, 0.1) is 0 Å². The smallest absolute Gasteiger partial charge is 0.281 e. The second-order valence-electron chi connectivity index (χ2n) is 6.04. The zero-order valence-corrected chi connectivity index (χ0v) is 14.7. The highest BCUT2D eigenvalue weighted by Crippen LogP contribution is 2.29. The van der Waals surface area contributed by atoms with Gasteiger partial charge in [0.15, 0.2) is 5.60 Å². The second-order valence-corrected chi connectivity index (χ2v) is 6.04. The third-order valence-corrected chi connectivity index (χ3v) is 4.16. The van der Waals surface area contributed by atoms with Gasteiger partial charge < -0.3 is 5.11 Å². The lowest BCUT2D eigenvalue weighted by molar-refractivity contribution is -0.136. The fourth-order valence-electron chi connectivity index (χ4n) is 2.70. The van der Waals surface area contributed by atoms with Gasteiger partial charge in [-0.15, -0.1) is 0 Å². The van der Waals surface area contributed by atoms with E-state index in [4.69, 9.17) is 0 Å². The summed E-state index contributed by atoms with van der Waals surface area (Å²) in [6, 6.07) is 17.8. The lowest BCUT2D eigenvalue weighted by atomic mass is 9.85. The third kappa shape index (κ3) is 5.00. The summed E-state index contributed by atoms with van der Waals surface area (Å²) in [6.45, 7) is 2.17. The summed E-state index contributed by atoms with van der Waals surface area (Å²) in [7, 11) is 0. The normalized spacial score (nSPS) is 11.6. The van der Waals surface area contributed by atoms with Crippen molar-refractivity contribution < 1.29 is 9.90 Å². The SMILES string of the molecule is CCCCCC/C=N/NC(=O)C(O)(c1ccccc1)c1ccccc1. The van der Waals surface area contributed by atoms with Gasteiger partial charge >= 0.3 is 0 Å². The molecule has 0 saturated heterocycles. The number of benzene rings is 2. The van der Waals surface area contributed by atoms with Gasteiger partial charge in [0, 0.05) is 6.21 Å². The molecule has 0 spiro atoms. The van der Waals surface area contributed by atoms with Crippen molar-refractivity contribution in [2.75, 3.05) is 0 Å². The monoisotopic (exact) mass is 338 g/mol. The summed E-state index contributed by atoms with van der Waals surface area (Å²) in [6.07, 6.45) is 7.12. The summed E-state index contributed by atoms with van der Waals surface area (Å²) >= 11 is 0. The largest absolute Gasteiger partial charge is 0.372 e. The summed E-state index contributed by atoms with van der Waals surface area (Å²) in [5.74, 6) is -0.560. The highest BCUT2D eigenvalue weighted by atomic mass is 16.3. The van der Waals surface area contributed by atoms with Crippen LogP contribution in [0, 0.1) is 0 Å². The number of nitrogens with one attached hydrogen (secondary N) is 1. The molecule has 2 aromatic rings. The first-order chi connectivity index (χ1) is 12.2. The van der Waals surface area contributed by atoms with Gasteiger partial charge in [-0.25, -0.2) is 5.43 Å². The van der Waals surface area contributed by atoms with Crippen LogP contribution in [-0.4, -0.2) is 17.2 Å². The van der Waals surface area contributed by atoms with Gasteiger partial charge in [0.1, 0.15) is 0 Å². The minimum Gasteiger partial charge on any atom is -0.372 e. The maximum Gasteiger partial charge on any atom is 0.281 e. The summed E-state index contributed by atoms with van der Waals surface area (Å²) < 4.78 is 0. The van der Waals surface area contributed by atoms with Crippen LogP contribution in [0.25, 0.3) is 0 Å². The van der Waals surface area contributed by atoms with Gasteiger partial charge in [-0.3, -0.25) is 4.79 Å². The van der Waals surface area contributed by atoms with Gasteiger partial charge in [-0.1, -0.05) is 86.8 Å². The van der Waals surface area contributed by atoms with Gasteiger partial charge in [0.2, 0.25) is 0 Å². The second kappa shape index (κ2) is 9.74. The molecule has 0 atom stereocenters. The molecule has 0 saturated carbocycles. The molecule has 4 nitrogen and oxygen atoms in total. The zero-order valence-electron chi connectivity index (χ0n) is 14.7. The van der Waals surface area contributed by atoms with Crippen molar-refractivity contribution in [1.29, 1.82) is 0 Å². The first kappa shape index (κ1) is 18.9. The molecule has 1 amide bonds. The van der Waals surface area contributed by atoms with Crippen molar-refractivity contribution in [1.82, 2.24) is 5.43 Å². The molecule has 0 aliphatic carbocycles. The van der Waals surface area contributed by atoms with E-state index in [1.165, 1.54) is 12.8 Å². The third-order valence-electron chi connectivity index (χ3n) is 4.16. The van der Waals surface area contributed by atoms with Crippen LogP contribution in [0.15, 0.2) is 65.8 Å². The van der Waals surface area contributed by atoms with Crippen molar-refractivity contribution in [2.24, 2.45) is 5.10 Å². The van der Waals surface area contributed by atoms with E-state index in [9.17, 15) is 9.90 Å². The van der Waals surface area contributed by atoms with E-state index in [1.54, 1.807) is 54.7 Å². The fourth-order valence-corrected chi connectivity index (χ4v) is 2.70. The van der Waals surface area contributed by atoms with Crippen LogP contribution in [0.3, 0.4) is 0 Å². The van der Waals surface area contributed by atoms with Crippen LogP contribution in [0.1, 0.15) is 50.2 Å². The Balaban J connectivity index is 2.11. The molecular weight excluding hydrogens is 312 g/mol. The molecular formula is C21H26N2O2. The zero-order chi connectivity index (χ0) is 18.0. The average Bonchev–Trinajstić information content (AvgIpc) is 2.67. The number of unbranched alkanes of at least 4 members (excludes halogenated alkanes) is 4. The highest BCUT2D eigenvalue weighted by Gasteiger charge is 2.39. The van der Waals surface area contributed by atoms with Crippen LogP contribution in [0.2, 0.25) is 0 Å². The maximum absolute atomic E-state index is 12.7. The quantitative estimate of drug-likeness (QED) is 0.412. The molecule has 0 fully saturated rings. The molecule has 2 N–H and O–H groups in total. The van der Waals surface area contributed by atoms with E-state index < -0.39 is 11.5 Å². The minimum atomic E-state index is -1.78. The number of hydrogen-bond acceptors (Lipinski definition) is 3. The molecule has 0 aromatic heterocycles. The van der Waals surface area contributed by atoms with E-state index in [-0.39, 0.29) is 0 Å². The Labute approximate surface area is 149 Å². The van der Waals surface area contributed by atoms with Crippen LogP contribution in [0.5, 0.6) is 0 Å². The van der Waals surface area contributed by atoms with E-state index in [2.05, 4.69) is 17.5 Å². The number of hydrogen-bond donors (Lipinski definition) is 2. The number of amides is 1. The maximum atomic E-state index is 12.7. The summed E-state index contributed by atoms with van der Waals surface area (Å²) in [4.78, 5) is 12.7. The van der Waals surface area contributed by atoms with Crippen LogP contribution < -0.4 is 5.43 Å². The Bertz CT molecular complexity index is 629. The molecule has 0 radical (unpaired) electrons. The van der Waals surface area contributed by atoms with Crippen molar-refractivity contribution in [3.63, 3.8) is 0 Å². The Hall–Kier alpha value is -2.46. The number of nitrogens with zero attached hydrogens (tertiary/aromatic N) is 1. The van der Waals surface area contributed by atoms with Gasteiger partial charge in [-0.05, 0) is 24.0 Å². The summed E-state index contributed by atoms with van der Waals surface area (Å²) in [5, 5.41) is 15.2. The number of hydrazone groups is 1. The highest BCUT2D eigenvalue weighted by molar-refractivity contribution is 5.90. The van der Waals surface area contributed by atoms with Gasteiger partial charge in [-0.2, -0.15) is 5.10 Å². The number of rotatable bonds is 9. The molecule has 2 aromatic carbocycles. The predicted octanol–water partition coefficient (Wildman–Crippen LogP) is 3.99. The molecule has 2 rings (SSSR count). The lowest BCUT2D eigenvalue weighted by Crippen LogP contribution is -2.43. The summed E-state index contributed by atoms with van der Waals surface area (Å²) in [5.41, 5.74) is 1.74. The van der Waals surface area contributed by atoms with Crippen LogP contribution >= 0.6 is 0 Å². The van der Waals surface area contributed by atoms with Crippen LogP contribution in [-0.2, 0) is 10.4 Å². The molecule has 0 aliphatic heterocycles. The standard InChI is InChI=1S/C21H26N2O2/c1-2-3-4-5-12-17-22-23-20(24)21(25,18-13-8-6-9-14-18)19-15-10-7-11-16-19/h6-11,13-17,25H,2-5,12H2,1H3,(H,23,24)/b22-17+. The van der Waals surface area contributed by atoms with E-state index >= 15 is 0 Å². The topological polar surface area (TPSA) is 61.7 Å². The fraction of sp³-hybridized carbons (Fsp3) is 0.333. The molecule has 0 unspecified atom stereocenters. The number of carbonyl (C=O) groups excluding carboxylic acids is 1. The van der Waals surface area contributed by atoms with E-state index in [0.717, 1.165) is 19.3 Å². The molecule has 25 heavy (non-hydrogen) atoms. The molecule has 0 heterocycles.